The normalized spacial score (nSPS) is 13.6. The van der Waals surface area contributed by atoms with E-state index in [1.165, 1.54) is 12.3 Å². The number of rotatable bonds is 6. The van der Waals surface area contributed by atoms with Gasteiger partial charge in [-0.15, -0.1) is 0 Å². The maximum atomic E-state index is 14.2. The Morgan fingerprint density at radius 2 is 1.89 bits per heavy atom. The standard InChI is InChI=1S/C27H19F3N4O4/c28-27(29,30)26-20(13-32-34(26)17-4-2-1-3-5-17)24-19-9-6-15-12-16(7-8-18(15)23(19)33-38-24)22(31)25-21(37-14-35)10-11-36-25/h1-5,7-8,10-14,22H,6,9,31H2. The van der Waals surface area contributed by atoms with E-state index in [0.29, 0.717) is 41.9 Å². The van der Waals surface area contributed by atoms with Crippen LogP contribution in [0.25, 0.3) is 28.3 Å². The molecule has 0 bridgehead atoms. The third-order valence-electron chi connectivity index (χ3n) is 6.57. The average molecular weight is 520 g/mol. The lowest BCUT2D eigenvalue weighted by molar-refractivity contribution is -0.142. The Morgan fingerprint density at radius 1 is 1.08 bits per heavy atom. The Balaban J connectivity index is 1.39. The van der Waals surface area contributed by atoms with E-state index in [9.17, 15) is 18.0 Å². The number of fused-ring (bicyclic) bond motifs is 3. The summed E-state index contributed by atoms with van der Waals surface area (Å²) in [5.74, 6) is 0.574. The summed E-state index contributed by atoms with van der Waals surface area (Å²) in [5, 5.41) is 8.19. The molecule has 0 fully saturated rings. The van der Waals surface area contributed by atoms with Gasteiger partial charge >= 0.3 is 6.18 Å². The molecule has 0 spiro atoms. The summed E-state index contributed by atoms with van der Waals surface area (Å²) in [6.45, 7) is 0.297. The van der Waals surface area contributed by atoms with Gasteiger partial charge in [-0.1, -0.05) is 41.6 Å². The SMILES string of the molecule is NC(c1ccc2c(c1)CCc1c-2noc1-c1cnn(-c2ccccc2)c1C(F)(F)F)c1occc1OC=O. The zero-order valence-corrected chi connectivity index (χ0v) is 19.6. The van der Waals surface area contributed by atoms with Crippen LogP contribution >= 0.6 is 0 Å². The van der Waals surface area contributed by atoms with Crippen molar-refractivity contribution in [1.82, 2.24) is 14.9 Å². The summed E-state index contributed by atoms with van der Waals surface area (Å²) in [5.41, 5.74) is 8.98. The van der Waals surface area contributed by atoms with Crippen molar-refractivity contribution in [2.24, 2.45) is 5.73 Å². The molecule has 0 saturated carbocycles. The van der Waals surface area contributed by atoms with E-state index in [1.807, 2.05) is 6.07 Å². The molecule has 0 saturated heterocycles. The molecule has 1 aliphatic carbocycles. The first-order valence-corrected chi connectivity index (χ1v) is 11.6. The van der Waals surface area contributed by atoms with Gasteiger partial charge < -0.3 is 19.4 Å². The predicted octanol–water partition coefficient (Wildman–Crippen LogP) is 5.49. The van der Waals surface area contributed by atoms with Crippen LogP contribution < -0.4 is 10.5 Å². The van der Waals surface area contributed by atoms with Crippen LogP contribution in [0.1, 0.15) is 34.2 Å². The number of hydrogen-bond donors (Lipinski definition) is 1. The molecular weight excluding hydrogens is 501 g/mol. The van der Waals surface area contributed by atoms with E-state index in [4.69, 9.17) is 19.4 Å². The van der Waals surface area contributed by atoms with Gasteiger partial charge in [0.2, 0.25) is 0 Å². The molecule has 2 aromatic carbocycles. The number of carbonyl (C=O) groups excluding carboxylic acids is 1. The van der Waals surface area contributed by atoms with Gasteiger partial charge in [0.15, 0.2) is 23.0 Å². The first kappa shape index (κ1) is 23.7. The number of ether oxygens (including phenoxy) is 1. The van der Waals surface area contributed by atoms with Crippen molar-refractivity contribution in [2.45, 2.75) is 25.1 Å². The molecule has 0 amide bonds. The molecule has 1 atom stereocenters. The van der Waals surface area contributed by atoms with Gasteiger partial charge in [0.05, 0.1) is 29.8 Å². The van der Waals surface area contributed by atoms with Crippen molar-refractivity contribution < 1.29 is 31.6 Å². The molecule has 8 nitrogen and oxygen atoms in total. The second kappa shape index (κ2) is 9.03. The molecule has 38 heavy (non-hydrogen) atoms. The fourth-order valence-corrected chi connectivity index (χ4v) is 4.86. The summed E-state index contributed by atoms with van der Waals surface area (Å²) in [4.78, 5) is 10.8. The number of furan rings is 1. The third-order valence-corrected chi connectivity index (χ3v) is 6.57. The largest absolute Gasteiger partial charge is 0.463 e. The van der Waals surface area contributed by atoms with Gasteiger partial charge in [-0.25, -0.2) is 4.68 Å². The van der Waals surface area contributed by atoms with Crippen molar-refractivity contribution in [3.8, 4) is 34.0 Å². The molecule has 192 valence electrons. The fourth-order valence-electron chi connectivity index (χ4n) is 4.86. The first-order chi connectivity index (χ1) is 18.4. The Bertz CT molecular complexity index is 1640. The number of aryl methyl sites for hydroxylation is 1. The lowest BCUT2D eigenvalue weighted by Crippen LogP contribution is -2.15. The van der Waals surface area contributed by atoms with Crippen molar-refractivity contribution >= 4 is 6.47 Å². The Hall–Kier alpha value is -4.64. The van der Waals surface area contributed by atoms with Gasteiger partial charge in [-0.05, 0) is 36.1 Å². The molecule has 6 rings (SSSR count). The number of hydrogen-bond acceptors (Lipinski definition) is 7. The zero-order valence-electron chi connectivity index (χ0n) is 19.6. The van der Waals surface area contributed by atoms with E-state index < -0.39 is 17.9 Å². The highest BCUT2D eigenvalue weighted by atomic mass is 19.4. The fraction of sp³-hybridized carbons (Fsp3) is 0.148. The van der Waals surface area contributed by atoms with Crippen LogP contribution in [0.3, 0.4) is 0 Å². The average Bonchev–Trinajstić information content (AvgIpc) is 3.66. The molecule has 3 aromatic heterocycles. The summed E-state index contributed by atoms with van der Waals surface area (Å²) < 4.78 is 59.4. The molecule has 3 heterocycles. The molecule has 11 heteroatoms. The number of carbonyl (C=O) groups is 1. The quantitative estimate of drug-likeness (QED) is 0.295. The predicted molar refractivity (Wildman–Crippen MR) is 128 cm³/mol. The van der Waals surface area contributed by atoms with Crippen molar-refractivity contribution in [1.29, 1.82) is 0 Å². The lowest BCUT2D eigenvalue weighted by Gasteiger charge is -2.18. The minimum absolute atomic E-state index is 0.0483. The number of aromatic nitrogens is 3. The van der Waals surface area contributed by atoms with Crippen LogP contribution in [-0.2, 0) is 23.8 Å². The molecule has 2 N–H and O–H groups in total. The summed E-state index contributed by atoms with van der Waals surface area (Å²) in [6, 6.07) is 14.4. The van der Waals surface area contributed by atoms with Crippen molar-refractivity contribution in [2.75, 3.05) is 0 Å². The van der Waals surface area contributed by atoms with Gasteiger partial charge in [0.1, 0.15) is 5.69 Å². The maximum Gasteiger partial charge on any atom is 0.434 e. The van der Waals surface area contributed by atoms with E-state index in [1.54, 1.807) is 42.5 Å². The molecule has 1 unspecified atom stereocenters. The number of nitrogens with zero attached hydrogens (tertiary/aromatic N) is 3. The van der Waals surface area contributed by atoms with Crippen LogP contribution in [0.5, 0.6) is 5.75 Å². The minimum Gasteiger partial charge on any atom is -0.463 e. The second-order valence-electron chi connectivity index (χ2n) is 8.75. The highest BCUT2D eigenvalue weighted by Crippen LogP contribution is 2.44. The third kappa shape index (κ3) is 3.88. The summed E-state index contributed by atoms with van der Waals surface area (Å²) in [7, 11) is 0. The summed E-state index contributed by atoms with van der Waals surface area (Å²) >= 11 is 0. The summed E-state index contributed by atoms with van der Waals surface area (Å²) in [6.07, 6.45) is -1.20. The Morgan fingerprint density at radius 3 is 2.66 bits per heavy atom. The number of halogens is 3. The molecule has 5 aromatic rings. The van der Waals surface area contributed by atoms with E-state index in [-0.39, 0.29) is 22.8 Å². The minimum atomic E-state index is -4.68. The van der Waals surface area contributed by atoms with Crippen LogP contribution in [0.15, 0.2) is 76.0 Å². The molecule has 0 aliphatic heterocycles. The monoisotopic (exact) mass is 520 g/mol. The number of para-hydroxylation sites is 1. The first-order valence-electron chi connectivity index (χ1n) is 11.6. The van der Waals surface area contributed by atoms with Gasteiger partial charge in [-0.2, -0.15) is 18.3 Å². The lowest BCUT2D eigenvalue weighted by atomic mass is 9.86. The Labute approximate surface area is 213 Å². The smallest absolute Gasteiger partial charge is 0.434 e. The van der Waals surface area contributed by atoms with Crippen molar-refractivity contribution in [3.05, 3.63) is 95.2 Å². The zero-order chi connectivity index (χ0) is 26.4. The van der Waals surface area contributed by atoms with Crippen LogP contribution in [0, 0.1) is 0 Å². The van der Waals surface area contributed by atoms with Gasteiger partial charge in [0, 0.05) is 17.2 Å². The Kier molecular flexibility index (Phi) is 5.64. The van der Waals surface area contributed by atoms with Crippen molar-refractivity contribution in [3.63, 3.8) is 0 Å². The van der Waals surface area contributed by atoms with E-state index >= 15 is 0 Å². The van der Waals surface area contributed by atoms with Crippen LogP contribution in [0.2, 0.25) is 0 Å². The molecule has 0 radical (unpaired) electrons. The number of benzene rings is 2. The van der Waals surface area contributed by atoms with Gasteiger partial charge in [-0.3, -0.25) is 4.79 Å². The van der Waals surface area contributed by atoms with Crippen LogP contribution in [-0.4, -0.2) is 21.4 Å². The number of alkyl halides is 3. The van der Waals surface area contributed by atoms with E-state index in [0.717, 1.165) is 22.0 Å². The highest BCUT2D eigenvalue weighted by molar-refractivity contribution is 5.78. The second-order valence-corrected chi connectivity index (χ2v) is 8.75. The maximum absolute atomic E-state index is 14.2. The topological polar surface area (TPSA) is 109 Å². The molecule has 1 aliphatic rings. The van der Waals surface area contributed by atoms with E-state index in [2.05, 4.69) is 10.3 Å². The van der Waals surface area contributed by atoms with Crippen LogP contribution in [0.4, 0.5) is 13.2 Å². The highest BCUT2D eigenvalue weighted by Gasteiger charge is 2.41. The molecular formula is C27H19F3N4O4. The number of nitrogens with two attached hydrogens (primary N) is 1. The van der Waals surface area contributed by atoms with Gasteiger partial charge in [0.25, 0.3) is 6.47 Å².